The van der Waals surface area contributed by atoms with E-state index in [1.807, 2.05) is 61.5 Å². The van der Waals surface area contributed by atoms with E-state index in [-0.39, 0.29) is 30.3 Å². The molecule has 0 atom stereocenters. The standard InChI is InChI=1S/C29H31N3O4S/c1-4-32(29(33)19-23-11-7-10-22-9-5-6-12-26(22)23)18-17-31-37(34,35)27-14-8-13-25(21(27)2)24-15-16-28(36-3)30-20-24/h5-16,20,31H,4,17-19H2,1-3H3. The molecular weight excluding hydrogens is 486 g/mol. The smallest absolute Gasteiger partial charge is 0.240 e. The van der Waals surface area contributed by atoms with Gasteiger partial charge in [-0.3, -0.25) is 4.79 Å². The first-order valence-electron chi connectivity index (χ1n) is 12.2. The summed E-state index contributed by atoms with van der Waals surface area (Å²) in [6, 6.07) is 22.7. The summed E-state index contributed by atoms with van der Waals surface area (Å²) in [6.45, 7) is 4.56. The number of carbonyl (C=O) groups is 1. The van der Waals surface area contributed by atoms with E-state index in [1.165, 1.54) is 0 Å². The lowest BCUT2D eigenvalue weighted by Crippen LogP contribution is -2.39. The molecule has 7 nitrogen and oxygen atoms in total. The zero-order valence-corrected chi connectivity index (χ0v) is 22.1. The van der Waals surface area contributed by atoms with Crippen LogP contribution in [0.25, 0.3) is 21.9 Å². The van der Waals surface area contributed by atoms with Crippen molar-refractivity contribution in [2.45, 2.75) is 25.2 Å². The number of ether oxygens (including phenoxy) is 1. The van der Waals surface area contributed by atoms with E-state index in [2.05, 4.69) is 9.71 Å². The Morgan fingerprint density at radius 2 is 1.76 bits per heavy atom. The Bertz CT molecular complexity index is 1500. The van der Waals surface area contributed by atoms with Gasteiger partial charge in [-0.25, -0.2) is 18.1 Å². The summed E-state index contributed by atoms with van der Waals surface area (Å²) < 4.78 is 34.1. The Morgan fingerprint density at radius 1 is 1.00 bits per heavy atom. The van der Waals surface area contributed by atoms with Crippen LogP contribution in [0.2, 0.25) is 0 Å². The van der Waals surface area contributed by atoms with Crippen LogP contribution in [-0.2, 0) is 21.2 Å². The molecule has 0 saturated carbocycles. The lowest BCUT2D eigenvalue weighted by atomic mass is 10.0. The molecule has 192 valence electrons. The highest BCUT2D eigenvalue weighted by Gasteiger charge is 2.20. The van der Waals surface area contributed by atoms with Crippen LogP contribution in [0, 0.1) is 6.92 Å². The molecule has 4 aromatic rings. The number of nitrogens with zero attached hydrogens (tertiary/aromatic N) is 2. The fourth-order valence-corrected chi connectivity index (χ4v) is 5.74. The van der Waals surface area contributed by atoms with E-state index in [1.54, 1.807) is 43.3 Å². The molecule has 37 heavy (non-hydrogen) atoms. The Kier molecular flexibility index (Phi) is 8.21. The number of likely N-dealkylation sites (N-methyl/N-ethyl adjacent to an activating group) is 1. The summed E-state index contributed by atoms with van der Waals surface area (Å²) in [5.41, 5.74) is 3.16. The van der Waals surface area contributed by atoms with Gasteiger partial charge in [0.2, 0.25) is 21.8 Å². The molecule has 0 unspecified atom stereocenters. The minimum absolute atomic E-state index is 0.0387. The van der Waals surface area contributed by atoms with Crippen LogP contribution >= 0.6 is 0 Å². The number of methoxy groups -OCH3 is 1. The maximum Gasteiger partial charge on any atom is 0.240 e. The van der Waals surface area contributed by atoms with Crippen LogP contribution in [0.4, 0.5) is 0 Å². The van der Waals surface area contributed by atoms with Crippen LogP contribution in [-0.4, -0.2) is 51.0 Å². The summed E-state index contributed by atoms with van der Waals surface area (Å²) in [4.78, 5) is 19.1. The van der Waals surface area contributed by atoms with Gasteiger partial charge in [-0.2, -0.15) is 0 Å². The number of carbonyl (C=O) groups excluding carboxylic acids is 1. The van der Waals surface area contributed by atoms with Crippen molar-refractivity contribution in [2.24, 2.45) is 0 Å². The van der Waals surface area contributed by atoms with Gasteiger partial charge in [-0.15, -0.1) is 0 Å². The fraction of sp³-hybridized carbons (Fsp3) is 0.241. The zero-order chi connectivity index (χ0) is 26.4. The van der Waals surface area contributed by atoms with Crippen molar-refractivity contribution in [3.63, 3.8) is 0 Å². The zero-order valence-electron chi connectivity index (χ0n) is 21.3. The van der Waals surface area contributed by atoms with Gasteiger partial charge >= 0.3 is 0 Å². The molecule has 8 heteroatoms. The van der Waals surface area contributed by atoms with Crippen LogP contribution < -0.4 is 9.46 Å². The van der Waals surface area contributed by atoms with Gasteiger partial charge in [0.1, 0.15) is 0 Å². The number of amides is 1. The number of sulfonamides is 1. The summed E-state index contributed by atoms with van der Waals surface area (Å²) in [6.07, 6.45) is 1.92. The molecule has 3 aromatic carbocycles. The second kappa shape index (κ2) is 11.5. The number of rotatable bonds is 10. The van der Waals surface area contributed by atoms with Gasteiger partial charge in [0.25, 0.3) is 0 Å². The van der Waals surface area contributed by atoms with E-state index < -0.39 is 10.0 Å². The summed E-state index contributed by atoms with van der Waals surface area (Å²) in [7, 11) is -2.24. The fourth-order valence-electron chi connectivity index (χ4n) is 4.45. The molecule has 1 aromatic heterocycles. The number of pyridine rings is 1. The largest absolute Gasteiger partial charge is 0.481 e. The average molecular weight is 518 g/mol. The Morgan fingerprint density at radius 3 is 2.49 bits per heavy atom. The van der Waals surface area contributed by atoms with Gasteiger partial charge in [0, 0.05) is 37.5 Å². The lowest BCUT2D eigenvalue weighted by molar-refractivity contribution is -0.130. The molecule has 0 saturated heterocycles. The van der Waals surface area contributed by atoms with Gasteiger partial charge in [-0.05, 0) is 53.4 Å². The third-order valence-electron chi connectivity index (χ3n) is 6.46. The highest BCUT2D eigenvalue weighted by atomic mass is 32.2. The van der Waals surface area contributed by atoms with E-state index in [0.29, 0.717) is 18.0 Å². The summed E-state index contributed by atoms with van der Waals surface area (Å²) in [5.74, 6) is 0.450. The van der Waals surface area contributed by atoms with Gasteiger partial charge in [-0.1, -0.05) is 54.6 Å². The van der Waals surface area contributed by atoms with E-state index in [0.717, 1.165) is 27.5 Å². The van der Waals surface area contributed by atoms with Gasteiger partial charge < -0.3 is 9.64 Å². The third kappa shape index (κ3) is 5.98. The number of hydrogen-bond acceptors (Lipinski definition) is 5. The first-order valence-corrected chi connectivity index (χ1v) is 13.7. The van der Waals surface area contributed by atoms with Crippen LogP contribution in [0.5, 0.6) is 5.88 Å². The molecule has 1 heterocycles. The molecule has 0 radical (unpaired) electrons. The summed E-state index contributed by atoms with van der Waals surface area (Å²) in [5, 5.41) is 2.14. The predicted molar refractivity (Wildman–Crippen MR) is 146 cm³/mol. The number of hydrogen-bond donors (Lipinski definition) is 1. The molecule has 0 aliphatic carbocycles. The third-order valence-corrected chi connectivity index (χ3v) is 8.07. The Balaban J connectivity index is 1.43. The monoisotopic (exact) mass is 517 g/mol. The maximum absolute atomic E-state index is 13.2. The number of aromatic nitrogens is 1. The summed E-state index contributed by atoms with van der Waals surface area (Å²) >= 11 is 0. The first-order chi connectivity index (χ1) is 17.8. The number of benzene rings is 3. The van der Waals surface area contributed by atoms with Crippen molar-refractivity contribution in [3.8, 4) is 17.0 Å². The van der Waals surface area contributed by atoms with Crippen molar-refractivity contribution in [3.05, 3.63) is 90.1 Å². The lowest BCUT2D eigenvalue weighted by Gasteiger charge is -2.22. The van der Waals surface area contributed by atoms with Crippen LogP contribution in [0.15, 0.2) is 83.9 Å². The molecule has 0 spiro atoms. The average Bonchev–Trinajstić information content (AvgIpc) is 2.91. The maximum atomic E-state index is 13.2. The SMILES string of the molecule is CCN(CCNS(=O)(=O)c1cccc(-c2ccc(OC)nc2)c1C)C(=O)Cc1cccc2ccccc12. The Labute approximate surface area is 218 Å². The molecule has 0 aliphatic rings. The molecule has 4 rings (SSSR count). The van der Waals surface area contributed by atoms with Crippen molar-refractivity contribution in [2.75, 3.05) is 26.7 Å². The van der Waals surface area contributed by atoms with Crippen molar-refractivity contribution in [1.29, 1.82) is 0 Å². The van der Waals surface area contributed by atoms with Crippen LogP contribution in [0.3, 0.4) is 0 Å². The van der Waals surface area contributed by atoms with E-state index in [4.69, 9.17) is 4.74 Å². The van der Waals surface area contributed by atoms with Gasteiger partial charge in [0.05, 0.1) is 18.4 Å². The second-order valence-corrected chi connectivity index (χ2v) is 10.4. The van der Waals surface area contributed by atoms with E-state index in [9.17, 15) is 13.2 Å². The topological polar surface area (TPSA) is 88.6 Å². The van der Waals surface area contributed by atoms with E-state index >= 15 is 0 Å². The van der Waals surface area contributed by atoms with Crippen molar-refractivity contribution in [1.82, 2.24) is 14.6 Å². The molecule has 0 fully saturated rings. The number of fused-ring (bicyclic) bond motifs is 1. The molecular formula is C29H31N3O4S. The molecule has 1 amide bonds. The number of nitrogens with one attached hydrogen (secondary N) is 1. The normalized spacial score (nSPS) is 11.4. The Hall–Kier alpha value is -3.75. The minimum atomic E-state index is -3.78. The minimum Gasteiger partial charge on any atom is -0.481 e. The molecule has 0 aliphatic heterocycles. The first kappa shape index (κ1) is 26.3. The second-order valence-electron chi connectivity index (χ2n) is 8.70. The molecule has 1 N–H and O–H groups in total. The quantitative estimate of drug-likeness (QED) is 0.332. The van der Waals surface area contributed by atoms with Gasteiger partial charge in [0.15, 0.2) is 0 Å². The highest BCUT2D eigenvalue weighted by Crippen LogP contribution is 2.28. The van der Waals surface area contributed by atoms with Crippen molar-refractivity contribution >= 4 is 26.7 Å². The predicted octanol–water partition coefficient (Wildman–Crippen LogP) is 4.59. The molecule has 0 bridgehead atoms. The van der Waals surface area contributed by atoms with Crippen molar-refractivity contribution < 1.29 is 17.9 Å². The highest BCUT2D eigenvalue weighted by molar-refractivity contribution is 7.89. The van der Waals surface area contributed by atoms with Crippen LogP contribution in [0.1, 0.15) is 18.1 Å².